The number of halogens is 3. The summed E-state index contributed by atoms with van der Waals surface area (Å²) < 4.78 is 44.3. The van der Waals surface area contributed by atoms with Gasteiger partial charge in [0.2, 0.25) is 5.75 Å². The number of rotatable bonds is 5. The molecule has 0 N–H and O–H groups in total. The largest absolute Gasteiger partial charge is 0.449 e. The summed E-state index contributed by atoms with van der Waals surface area (Å²) in [6.07, 6.45) is -3.45. The second-order valence-electron chi connectivity index (χ2n) is 5.58. The molecule has 12 heteroatoms. The summed E-state index contributed by atoms with van der Waals surface area (Å²) in [6.45, 7) is 0. The lowest BCUT2D eigenvalue weighted by molar-refractivity contribution is -0.385. The maximum absolute atomic E-state index is 12.8. The maximum Gasteiger partial charge on any atom is 0.416 e. The molecule has 1 heterocycles. The fourth-order valence-corrected chi connectivity index (χ4v) is 3.27. The third-order valence-corrected chi connectivity index (χ3v) is 5.00. The maximum atomic E-state index is 12.8. The molecule has 0 radical (unpaired) electrons. The molecule has 1 aliphatic rings. The van der Waals surface area contributed by atoms with Crippen LogP contribution in [0.1, 0.15) is 11.1 Å². The zero-order valence-electron chi connectivity index (χ0n) is 14.3. The van der Waals surface area contributed by atoms with Gasteiger partial charge in [-0.15, -0.1) is 0 Å². The molecule has 1 aliphatic heterocycles. The van der Waals surface area contributed by atoms with Crippen LogP contribution in [0, 0.1) is 10.1 Å². The number of carbonyl (C=O) groups is 1. The lowest BCUT2D eigenvalue weighted by Crippen LogP contribution is -2.22. The van der Waals surface area contributed by atoms with Crippen LogP contribution in [0.4, 0.5) is 18.9 Å². The first-order chi connectivity index (χ1) is 13.7. The highest BCUT2D eigenvalue weighted by Gasteiger charge is 2.33. The SMILES string of the molecule is O=C1CSC(=S)N1/N=C/c1ccccc1Oc1ccc(C(F)(F)F)cc1[N+](=O)[O-]. The summed E-state index contributed by atoms with van der Waals surface area (Å²) in [6, 6.07) is 8.21. The molecule has 2 aromatic rings. The fraction of sp³-hybridized carbons (Fsp3) is 0.118. The van der Waals surface area contributed by atoms with E-state index in [1.165, 1.54) is 12.3 Å². The zero-order chi connectivity index (χ0) is 21.2. The number of hydrazone groups is 1. The van der Waals surface area contributed by atoms with Gasteiger partial charge in [-0.25, -0.2) is 0 Å². The third kappa shape index (κ3) is 4.71. The molecule has 0 aromatic heterocycles. The number of para-hydroxylation sites is 1. The number of alkyl halides is 3. The predicted octanol–water partition coefficient (Wildman–Crippen LogP) is 4.60. The van der Waals surface area contributed by atoms with E-state index in [0.29, 0.717) is 17.7 Å². The molecule has 7 nitrogen and oxygen atoms in total. The molecule has 1 saturated heterocycles. The van der Waals surface area contributed by atoms with Crippen LogP contribution in [0.25, 0.3) is 0 Å². The first kappa shape index (κ1) is 20.7. The van der Waals surface area contributed by atoms with Crippen molar-refractivity contribution < 1.29 is 27.6 Å². The minimum atomic E-state index is -4.73. The zero-order valence-corrected chi connectivity index (χ0v) is 15.9. The monoisotopic (exact) mass is 441 g/mol. The second-order valence-corrected chi connectivity index (χ2v) is 7.19. The van der Waals surface area contributed by atoms with E-state index in [9.17, 15) is 28.1 Å². The van der Waals surface area contributed by atoms with Crippen molar-refractivity contribution in [2.24, 2.45) is 5.10 Å². The van der Waals surface area contributed by atoms with Gasteiger partial charge in [-0.2, -0.15) is 23.3 Å². The fourth-order valence-electron chi connectivity index (χ4n) is 2.30. The van der Waals surface area contributed by atoms with E-state index >= 15 is 0 Å². The van der Waals surface area contributed by atoms with Crippen LogP contribution >= 0.6 is 24.0 Å². The molecule has 1 amide bonds. The Hall–Kier alpha value is -2.99. The molecule has 0 atom stereocenters. The van der Waals surface area contributed by atoms with E-state index in [1.807, 2.05) is 0 Å². The van der Waals surface area contributed by atoms with Crippen molar-refractivity contribution in [3.05, 3.63) is 63.7 Å². The molecule has 29 heavy (non-hydrogen) atoms. The van der Waals surface area contributed by atoms with Crippen LogP contribution in [-0.2, 0) is 11.0 Å². The Morgan fingerprint density at radius 2 is 1.97 bits per heavy atom. The number of nitrogens with zero attached hydrogens (tertiary/aromatic N) is 3. The topological polar surface area (TPSA) is 85.0 Å². The van der Waals surface area contributed by atoms with Crippen LogP contribution in [-0.4, -0.2) is 32.1 Å². The molecule has 0 unspecified atom stereocenters. The van der Waals surface area contributed by atoms with E-state index in [-0.39, 0.29) is 27.5 Å². The van der Waals surface area contributed by atoms with Crippen molar-refractivity contribution in [3.8, 4) is 11.5 Å². The molecule has 2 aromatic carbocycles. The summed E-state index contributed by atoms with van der Waals surface area (Å²) in [5, 5.41) is 16.3. The molecule has 1 fully saturated rings. The summed E-state index contributed by atoms with van der Waals surface area (Å²) in [4.78, 5) is 22.0. The van der Waals surface area contributed by atoms with Crippen molar-refractivity contribution in [1.82, 2.24) is 5.01 Å². The Kier molecular flexibility index (Phi) is 5.84. The van der Waals surface area contributed by atoms with E-state index in [0.717, 1.165) is 22.8 Å². The van der Waals surface area contributed by atoms with Crippen molar-refractivity contribution in [2.45, 2.75) is 6.18 Å². The number of benzene rings is 2. The Balaban J connectivity index is 1.93. The highest BCUT2D eigenvalue weighted by atomic mass is 32.2. The molecule has 0 spiro atoms. The number of nitro benzene ring substituents is 1. The Bertz CT molecular complexity index is 1010. The number of nitro groups is 1. The van der Waals surface area contributed by atoms with Gasteiger partial charge < -0.3 is 4.74 Å². The molecule has 150 valence electrons. The second kappa shape index (κ2) is 8.17. The minimum Gasteiger partial charge on any atom is -0.449 e. The number of thioether (sulfide) groups is 1. The number of hydrogen-bond donors (Lipinski definition) is 0. The smallest absolute Gasteiger partial charge is 0.416 e. The third-order valence-electron chi connectivity index (χ3n) is 3.66. The van der Waals surface area contributed by atoms with E-state index in [1.54, 1.807) is 18.2 Å². The Morgan fingerprint density at radius 1 is 1.24 bits per heavy atom. The van der Waals surface area contributed by atoms with Gasteiger partial charge >= 0.3 is 11.9 Å². The van der Waals surface area contributed by atoms with Gasteiger partial charge in [-0.05, 0) is 24.3 Å². The highest BCUT2D eigenvalue weighted by molar-refractivity contribution is 8.23. The summed E-state index contributed by atoms with van der Waals surface area (Å²) >= 11 is 6.17. The van der Waals surface area contributed by atoms with Crippen molar-refractivity contribution >= 4 is 46.1 Å². The lowest BCUT2D eigenvalue weighted by atomic mass is 10.1. The first-order valence-electron chi connectivity index (χ1n) is 7.83. The van der Waals surface area contributed by atoms with Gasteiger partial charge in [-0.1, -0.05) is 36.1 Å². The number of ether oxygens (including phenoxy) is 1. The van der Waals surface area contributed by atoms with Crippen LogP contribution in [0.15, 0.2) is 47.6 Å². The summed E-state index contributed by atoms with van der Waals surface area (Å²) in [7, 11) is 0. The van der Waals surface area contributed by atoms with Crippen molar-refractivity contribution in [2.75, 3.05) is 5.75 Å². The van der Waals surface area contributed by atoms with Crippen LogP contribution in [0.3, 0.4) is 0 Å². The van der Waals surface area contributed by atoms with Gasteiger partial charge in [0.15, 0.2) is 4.32 Å². The van der Waals surface area contributed by atoms with Gasteiger partial charge in [0.1, 0.15) is 5.75 Å². The van der Waals surface area contributed by atoms with Gasteiger partial charge in [0.05, 0.1) is 22.5 Å². The molecule has 0 aliphatic carbocycles. The lowest BCUT2D eigenvalue weighted by Gasteiger charge is -2.12. The summed E-state index contributed by atoms with van der Waals surface area (Å²) in [5.41, 5.74) is -1.65. The molecule has 3 rings (SSSR count). The highest BCUT2D eigenvalue weighted by Crippen LogP contribution is 2.38. The van der Waals surface area contributed by atoms with Crippen LogP contribution in [0.5, 0.6) is 11.5 Å². The Labute approximate surface area is 171 Å². The number of carbonyl (C=O) groups excluding carboxylic acids is 1. The number of amides is 1. The molecule has 0 saturated carbocycles. The number of thiocarbonyl (C=S) groups is 1. The normalized spacial score (nSPS) is 14.7. The average molecular weight is 441 g/mol. The quantitative estimate of drug-likeness (QED) is 0.292. The van der Waals surface area contributed by atoms with E-state index < -0.39 is 22.4 Å². The van der Waals surface area contributed by atoms with Crippen molar-refractivity contribution in [3.63, 3.8) is 0 Å². The minimum absolute atomic E-state index is 0.101. The standard InChI is InChI=1S/C17H10F3N3O4S2/c18-17(19,20)11-5-6-14(12(7-11)23(25)26)27-13-4-2-1-3-10(13)8-21-22-15(24)9-29-16(22)28/h1-8H,9H2/b21-8+. The molecule has 0 bridgehead atoms. The average Bonchev–Trinajstić information content (AvgIpc) is 2.98. The Morgan fingerprint density at radius 3 is 2.59 bits per heavy atom. The van der Waals surface area contributed by atoms with Crippen molar-refractivity contribution in [1.29, 1.82) is 0 Å². The molecular formula is C17H10F3N3O4S2. The van der Waals surface area contributed by atoms with Gasteiger partial charge in [0, 0.05) is 11.6 Å². The van der Waals surface area contributed by atoms with Gasteiger partial charge in [-0.3, -0.25) is 14.9 Å². The molecular weight excluding hydrogens is 431 g/mol. The first-order valence-corrected chi connectivity index (χ1v) is 9.22. The van der Waals surface area contributed by atoms with E-state index in [4.69, 9.17) is 17.0 Å². The summed E-state index contributed by atoms with van der Waals surface area (Å²) in [5.74, 6) is -0.393. The number of hydrogen-bond acceptors (Lipinski definition) is 7. The van der Waals surface area contributed by atoms with Crippen LogP contribution in [0.2, 0.25) is 0 Å². The van der Waals surface area contributed by atoms with Crippen LogP contribution < -0.4 is 4.74 Å². The predicted molar refractivity (Wildman–Crippen MR) is 104 cm³/mol. The van der Waals surface area contributed by atoms with Gasteiger partial charge in [0.25, 0.3) is 5.91 Å². The van der Waals surface area contributed by atoms with E-state index in [2.05, 4.69) is 5.10 Å².